The van der Waals surface area contributed by atoms with Crippen LogP contribution in [0.15, 0.2) is 16.6 Å². The van der Waals surface area contributed by atoms with Crippen LogP contribution < -0.4 is 10.5 Å². The molecule has 0 fully saturated rings. The Morgan fingerprint density at radius 3 is 2.56 bits per heavy atom. The van der Waals surface area contributed by atoms with E-state index in [2.05, 4.69) is 21.0 Å². The number of methoxy groups -OCH3 is 1. The fraction of sp³-hybridized carbons (Fsp3) is 0.250. The number of rotatable bonds is 2. The van der Waals surface area contributed by atoms with Crippen molar-refractivity contribution in [1.29, 1.82) is 0 Å². The molecule has 0 unspecified atom stereocenters. The summed E-state index contributed by atoms with van der Waals surface area (Å²) in [5.74, 6) is -0.0125. The second-order valence-electron chi connectivity index (χ2n) is 3.94. The lowest BCUT2D eigenvalue weighted by Crippen LogP contribution is -2.04. The Hall–Kier alpha value is -1.56. The fourth-order valence-corrected chi connectivity index (χ4v) is 2.00. The molecule has 1 aromatic heterocycles. The number of halogens is 2. The molecule has 0 bridgehead atoms. The van der Waals surface area contributed by atoms with Crippen molar-refractivity contribution < 1.29 is 9.13 Å². The molecule has 0 radical (unpaired) electrons. The Labute approximate surface area is 113 Å². The van der Waals surface area contributed by atoms with E-state index in [-0.39, 0.29) is 5.69 Å². The predicted octanol–water partition coefficient (Wildman–Crippen LogP) is 2.98. The second kappa shape index (κ2) is 4.61. The van der Waals surface area contributed by atoms with Crippen molar-refractivity contribution in [3.63, 3.8) is 0 Å². The van der Waals surface area contributed by atoms with Crippen LogP contribution in [0.3, 0.4) is 0 Å². The molecule has 18 heavy (non-hydrogen) atoms. The van der Waals surface area contributed by atoms with Gasteiger partial charge in [0.2, 0.25) is 0 Å². The summed E-state index contributed by atoms with van der Waals surface area (Å²) >= 11 is 3.41. The third-order valence-electron chi connectivity index (χ3n) is 2.73. The van der Waals surface area contributed by atoms with Gasteiger partial charge in [-0.15, -0.1) is 0 Å². The zero-order valence-corrected chi connectivity index (χ0v) is 11.9. The minimum absolute atomic E-state index is 0.263. The molecule has 1 heterocycles. The van der Waals surface area contributed by atoms with Gasteiger partial charge in [0.15, 0.2) is 5.82 Å². The minimum Gasteiger partial charge on any atom is -0.495 e. The highest BCUT2D eigenvalue weighted by Crippen LogP contribution is 2.30. The van der Waals surface area contributed by atoms with Gasteiger partial charge in [0.1, 0.15) is 11.4 Å². The summed E-state index contributed by atoms with van der Waals surface area (Å²) in [5.41, 5.74) is 7.84. The van der Waals surface area contributed by atoms with E-state index in [0.717, 1.165) is 15.9 Å². The van der Waals surface area contributed by atoms with Gasteiger partial charge in [-0.3, -0.25) is 0 Å². The van der Waals surface area contributed by atoms with Crippen LogP contribution in [-0.4, -0.2) is 16.9 Å². The van der Waals surface area contributed by atoms with Crippen molar-refractivity contribution in [2.24, 2.45) is 0 Å². The molecular weight excluding hydrogens is 301 g/mol. The number of hydrogen-bond donors (Lipinski definition) is 1. The molecular formula is C12H13BrFN3O. The third kappa shape index (κ3) is 1.96. The number of benzene rings is 1. The van der Waals surface area contributed by atoms with Crippen LogP contribution in [-0.2, 0) is 0 Å². The van der Waals surface area contributed by atoms with E-state index in [4.69, 9.17) is 10.5 Å². The number of hydrogen-bond acceptors (Lipinski definition) is 3. The fourth-order valence-electron chi connectivity index (χ4n) is 1.76. The van der Waals surface area contributed by atoms with Crippen molar-refractivity contribution >= 4 is 21.6 Å². The molecule has 2 N–H and O–H groups in total. The minimum atomic E-state index is -0.439. The maximum absolute atomic E-state index is 14.0. The van der Waals surface area contributed by atoms with Crippen LogP contribution in [0, 0.1) is 19.7 Å². The van der Waals surface area contributed by atoms with Gasteiger partial charge >= 0.3 is 0 Å². The molecule has 4 nitrogen and oxygen atoms in total. The van der Waals surface area contributed by atoms with Crippen LogP contribution in [0.4, 0.5) is 10.1 Å². The zero-order chi connectivity index (χ0) is 13.4. The number of aromatic nitrogens is 2. The molecule has 2 aromatic rings. The Morgan fingerprint density at radius 1 is 1.39 bits per heavy atom. The quantitative estimate of drug-likeness (QED) is 0.867. The van der Waals surface area contributed by atoms with Crippen molar-refractivity contribution in [3.05, 3.63) is 33.8 Å². The van der Waals surface area contributed by atoms with Gasteiger partial charge in [-0.1, -0.05) is 0 Å². The van der Waals surface area contributed by atoms with Crippen LogP contribution in [0.25, 0.3) is 5.69 Å². The van der Waals surface area contributed by atoms with E-state index in [1.165, 1.54) is 23.9 Å². The van der Waals surface area contributed by atoms with E-state index in [1.807, 2.05) is 13.8 Å². The Balaban J connectivity index is 2.67. The molecule has 0 aliphatic rings. The number of anilines is 1. The smallest absolute Gasteiger partial charge is 0.151 e. The molecule has 0 aliphatic carbocycles. The van der Waals surface area contributed by atoms with Gasteiger partial charge in [-0.25, -0.2) is 9.07 Å². The number of aryl methyl sites for hydroxylation is 1. The number of nitrogens with two attached hydrogens (primary N) is 1. The van der Waals surface area contributed by atoms with E-state index in [9.17, 15) is 4.39 Å². The van der Waals surface area contributed by atoms with Gasteiger partial charge in [0.25, 0.3) is 0 Å². The largest absolute Gasteiger partial charge is 0.495 e. The first kappa shape index (κ1) is 12.9. The van der Waals surface area contributed by atoms with Gasteiger partial charge in [0, 0.05) is 12.1 Å². The number of ether oxygens (including phenoxy) is 1. The predicted molar refractivity (Wildman–Crippen MR) is 71.7 cm³/mol. The number of nitrogen functional groups attached to an aromatic ring is 1. The molecule has 0 saturated heterocycles. The molecule has 0 spiro atoms. The lowest BCUT2D eigenvalue weighted by Gasteiger charge is -2.10. The molecule has 96 valence electrons. The van der Waals surface area contributed by atoms with Gasteiger partial charge in [0.05, 0.1) is 28.7 Å². The molecule has 6 heteroatoms. The summed E-state index contributed by atoms with van der Waals surface area (Å²) in [6.07, 6.45) is 0. The second-order valence-corrected chi connectivity index (χ2v) is 4.74. The summed E-state index contributed by atoms with van der Waals surface area (Å²) < 4.78 is 21.4. The summed E-state index contributed by atoms with van der Waals surface area (Å²) in [6, 6.07) is 2.77. The highest BCUT2D eigenvalue weighted by atomic mass is 79.9. The van der Waals surface area contributed by atoms with Gasteiger partial charge < -0.3 is 10.5 Å². The van der Waals surface area contributed by atoms with Gasteiger partial charge in [-0.2, -0.15) is 5.10 Å². The van der Waals surface area contributed by atoms with Crippen LogP contribution in [0.2, 0.25) is 0 Å². The van der Waals surface area contributed by atoms with Crippen molar-refractivity contribution in [2.75, 3.05) is 12.8 Å². The highest BCUT2D eigenvalue weighted by Gasteiger charge is 2.16. The van der Waals surface area contributed by atoms with Gasteiger partial charge in [-0.05, 0) is 29.8 Å². The van der Waals surface area contributed by atoms with Crippen molar-refractivity contribution in [1.82, 2.24) is 9.78 Å². The monoisotopic (exact) mass is 313 g/mol. The normalized spacial score (nSPS) is 10.7. The summed E-state index contributed by atoms with van der Waals surface area (Å²) in [4.78, 5) is 0. The Bertz CT molecular complexity index is 610. The first-order valence-corrected chi connectivity index (χ1v) is 6.10. The van der Waals surface area contributed by atoms with Crippen molar-refractivity contribution in [3.8, 4) is 11.4 Å². The Kier molecular flexibility index (Phi) is 3.30. The Morgan fingerprint density at radius 2 is 2.06 bits per heavy atom. The maximum Gasteiger partial charge on any atom is 0.151 e. The third-order valence-corrected chi connectivity index (χ3v) is 3.88. The number of nitrogens with zero attached hydrogens (tertiary/aromatic N) is 2. The summed E-state index contributed by atoms with van der Waals surface area (Å²) in [7, 11) is 1.49. The maximum atomic E-state index is 14.0. The molecule has 1 aromatic carbocycles. The molecule has 0 aliphatic heterocycles. The topological polar surface area (TPSA) is 53.1 Å². The van der Waals surface area contributed by atoms with Crippen LogP contribution >= 0.6 is 15.9 Å². The average Bonchev–Trinajstić information content (AvgIpc) is 2.57. The first-order chi connectivity index (χ1) is 8.45. The summed E-state index contributed by atoms with van der Waals surface area (Å²) in [6.45, 7) is 3.70. The van der Waals surface area contributed by atoms with Crippen molar-refractivity contribution in [2.45, 2.75) is 13.8 Å². The SMILES string of the molecule is COc1cc(-n2nc(C)c(Br)c2C)c(F)cc1N. The van der Waals surface area contributed by atoms with E-state index < -0.39 is 5.82 Å². The first-order valence-electron chi connectivity index (χ1n) is 5.30. The highest BCUT2D eigenvalue weighted by molar-refractivity contribution is 9.10. The van der Waals surface area contributed by atoms with E-state index >= 15 is 0 Å². The summed E-state index contributed by atoms with van der Waals surface area (Å²) in [5, 5.41) is 4.28. The lowest BCUT2D eigenvalue weighted by atomic mass is 10.2. The standard InChI is InChI=1S/C12H13BrFN3O/c1-6-12(13)7(2)17(16-6)10-5-11(18-3)9(15)4-8(10)14/h4-5H,15H2,1-3H3. The molecule has 0 amide bonds. The van der Waals surface area contributed by atoms with E-state index in [1.54, 1.807) is 0 Å². The average molecular weight is 314 g/mol. The molecule has 2 rings (SSSR count). The van der Waals surface area contributed by atoms with Crippen LogP contribution in [0.1, 0.15) is 11.4 Å². The molecule has 0 saturated carbocycles. The zero-order valence-electron chi connectivity index (χ0n) is 10.3. The molecule has 0 atom stereocenters. The van der Waals surface area contributed by atoms with E-state index in [0.29, 0.717) is 11.4 Å². The lowest BCUT2D eigenvalue weighted by molar-refractivity contribution is 0.415. The van der Waals surface area contributed by atoms with Crippen LogP contribution in [0.5, 0.6) is 5.75 Å².